The van der Waals surface area contributed by atoms with Gasteiger partial charge in [0.1, 0.15) is 11.6 Å². The molecule has 1 saturated heterocycles. The van der Waals surface area contributed by atoms with E-state index < -0.39 is 23.5 Å². The first-order chi connectivity index (χ1) is 18.5. The maximum absolute atomic E-state index is 13.7. The SMILES string of the molecule is C[C@@H]1CCCCN1c1nc2c(c(Nc3ccc(C(F)(F)F)cc3)n1)CCN(c1ncccc1C(F)(F)F)CC2. The Balaban J connectivity index is 1.50. The highest BCUT2D eigenvalue weighted by molar-refractivity contribution is 5.63. The van der Waals surface area contributed by atoms with Crippen molar-refractivity contribution in [2.24, 2.45) is 0 Å². The van der Waals surface area contributed by atoms with Crippen LogP contribution in [0, 0.1) is 0 Å². The van der Waals surface area contributed by atoms with Gasteiger partial charge in [0.15, 0.2) is 0 Å². The Labute approximate surface area is 222 Å². The van der Waals surface area contributed by atoms with E-state index in [4.69, 9.17) is 9.97 Å². The van der Waals surface area contributed by atoms with Gasteiger partial charge in [-0.05, 0) is 69.0 Å². The number of piperidine rings is 1. The Morgan fingerprint density at radius 3 is 2.31 bits per heavy atom. The summed E-state index contributed by atoms with van der Waals surface area (Å²) in [6, 6.07) is 7.17. The van der Waals surface area contributed by atoms with Gasteiger partial charge in [-0.25, -0.2) is 9.97 Å². The zero-order valence-corrected chi connectivity index (χ0v) is 21.3. The summed E-state index contributed by atoms with van der Waals surface area (Å²) in [7, 11) is 0. The number of rotatable bonds is 4. The van der Waals surface area contributed by atoms with Crippen molar-refractivity contribution in [2.45, 2.75) is 57.4 Å². The van der Waals surface area contributed by atoms with Crippen LogP contribution < -0.4 is 15.1 Å². The number of nitrogens with one attached hydrogen (secondary N) is 1. The average Bonchev–Trinajstić information content (AvgIpc) is 3.11. The first kappa shape index (κ1) is 27.0. The van der Waals surface area contributed by atoms with Gasteiger partial charge in [-0.3, -0.25) is 0 Å². The molecule has 12 heteroatoms. The predicted molar refractivity (Wildman–Crippen MR) is 136 cm³/mol. The van der Waals surface area contributed by atoms with E-state index in [2.05, 4.69) is 22.1 Å². The summed E-state index contributed by atoms with van der Waals surface area (Å²) >= 11 is 0. The zero-order chi connectivity index (χ0) is 27.8. The first-order valence-corrected chi connectivity index (χ1v) is 12.9. The molecule has 208 valence electrons. The standard InChI is InChI=1S/C27H28F6N6/c1-17-5-2-3-14-39(17)25-36-22-12-16-38(24-21(27(31,32)33)6-4-13-34-24)15-11-20(22)23(37-25)35-19-9-7-18(8-10-19)26(28,29)30/h4,6-10,13,17H,2-3,5,11-12,14-16H2,1H3,(H,35,36,37)/t17-/m1/s1. The van der Waals surface area contributed by atoms with Gasteiger partial charge in [-0.1, -0.05) is 0 Å². The minimum atomic E-state index is -4.55. The number of pyridine rings is 1. The Morgan fingerprint density at radius 1 is 0.872 bits per heavy atom. The monoisotopic (exact) mass is 550 g/mol. The second-order valence-corrected chi connectivity index (χ2v) is 9.90. The second kappa shape index (κ2) is 10.5. The fourth-order valence-corrected chi connectivity index (χ4v) is 5.17. The van der Waals surface area contributed by atoms with E-state index in [0.29, 0.717) is 36.0 Å². The van der Waals surface area contributed by atoms with Gasteiger partial charge in [0.25, 0.3) is 0 Å². The topological polar surface area (TPSA) is 57.2 Å². The van der Waals surface area contributed by atoms with Gasteiger partial charge < -0.3 is 15.1 Å². The van der Waals surface area contributed by atoms with Crippen LogP contribution in [0.4, 0.5) is 49.6 Å². The molecule has 0 saturated carbocycles. The van der Waals surface area contributed by atoms with Gasteiger partial charge in [0.05, 0.1) is 16.8 Å². The molecule has 2 aromatic heterocycles. The first-order valence-electron chi connectivity index (χ1n) is 12.9. The van der Waals surface area contributed by atoms with Crippen LogP contribution in [0.2, 0.25) is 0 Å². The number of hydrogen-bond donors (Lipinski definition) is 1. The molecule has 4 heterocycles. The summed E-state index contributed by atoms with van der Waals surface area (Å²) < 4.78 is 80.3. The predicted octanol–water partition coefficient (Wildman–Crippen LogP) is 6.64. The van der Waals surface area contributed by atoms with E-state index in [1.165, 1.54) is 24.4 Å². The number of hydrogen-bond acceptors (Lipinski definition) is 6. The number of aromatic nitrogens is 3. The highest BCUT2D eigenvalue weighted by Gasteiger charge is 2.36. The fourth-order valence-electron chi connectivity index (χ4n) is 5.17. The number of fused-ring (bicyclic) bond motifs is 1. The van der Waals surface area contributed by atoms with Crippen molar-refractivity contribution in [2.75, 3.05) is 34.8 Å². The number of alkyl halides is 6. The smallest absolute Gasteiger partial charge is 0.355 e. The summed E-state index contributed by atoms with van der Waals surface area (Å²) in [6.07, 6.45) is -3.89. The van der Waals surface area contributed by atoms with E-state index in [1.54, 1.807) is 4.90 Å². The number of benzene rings is 1. The van der Waals surface area contributed by atoms with Crippen LogP contribution in [-0.4, -0.2) is 40.6 Å². The van der Waals surface area contributed by atoms with Gasteiger partial charge in [-0.15, -0.1) is 0 Å². The van der Waals surface area contributed by atoms with Crippen LogP contribution in [0.3, 0.4) is 0 Å². The molecular weight excluding hydrogens is 522 g/mol. The molecule has 3 aromatic rings. The molecule has 0 radical (unpaired) electrons. The Kier molecular flexibility index (Phi) is 7.30. The Hall–Kier alpha value is -3.57. The molecular formula is C27H28F6N6. The molecule has 6 nitrogen and oxygen atoms in total. The van der Waals surface area contributed by atoms with Crippen molar-refractivity contribution >= 4 is 23.3 Å². The lowest BCUT2D eigenvalue weighted by Crippen LogP contribution is -2.39. The third-order valence-electron chi connectivity index (χ3n) is 7.26. The Morgan fingerprint density at radius 2 is 1.62 bits per heavy atom. The van der Waals surface area contributed by atoms with Crippen LogP contribution in [0.15, 0.2) is 42.6 Å². The molecule has 0 spiro atoms. The van der Waals surface area contributed by atoms with E-state index >= 15 is 0 Å². The molecule has 0 amide bonds. The molecule has 0 unspecified atom stereocenters. The molecule has 1 N–H and O–H groups in total. The van der Waals surface area contributed by atoms with E-state index in [0.717, 1.165) is 49.6 Å². The summed E-state index contributed by atoms with van der Waals surface area (Å²) in [6.45, 7) is 3.39. The maximum atomic E-state index is 13.7. The lowest BCUT2D eigenvalue weighted by molar-refractivity contribution is -0.138. The molecule has 0 aliphatic carbocycles. The third kappa shape index (κ3) is 5.89. The molecule has 0 bridgehead atoms. The molecule has 39 heavy (non-hydrogen) atoms. The largest absolute Gasteiger partial charge is 0.419 e. The highest BCUT2D eigenvalue weighted by Crippen LogP contribution is 2.37. The molecule has 2 aliphatic rings. The summed E-state index contributed by atoms with van der Waals surface area (Å²) in [5, 5.41) is 3.16. The molecule has 1 fully saturated rings. The van der Waals surface area contributed by atoms with Crippen molar-refractivity contribution in [3.63, 3.8) is 0 Å². The van der Waals surface area contributed by atoms with Crippen molar-refractivity contribution in [1.29, 1.82) is 0 Å². The van der Waals surface area contributed by atoms with Crippen LogP contribution in [0.25, 0.3) is 0 Å². The van der Waals surface area contributed by atoms with Crippen molar-refractivity contribution in [3.8, 4) is 0 Å². The van der Waals surface area contributed by atoms with Crippen molar-refractivity contribution in [1.82, 2.24) is 15.0 Å². The fraction of sp³-hybridized carbons (Fsp3) is 0.444. The molecule has 1 aromatic carbocycles. The number of nitrogens with zero attached hydrogens (tertiary/aromatic N) is 5. The quantitative estimate of drug-likeness (QED) is 0.368. The van der Waals surface area contributed by atoms with Crippen LogP contribution in [0.5, 0.6) is 0 Å². The summed E-state index contributed by atoms with van der Waals surface area (Å²) in [4.78, 5) is 17.4. The van der Waals surface area contributed by atoms with Crippen molar-refractivity contribution in [3.05, 3.63) is 65.0 Å². The minimum absolute atomic E-state index is 0.132. The van der Waals surface area contributed by atoms with Crippen molar-refractivity contribution < 1.29 is 26.3 Å². The summed E-state index contributed by atoms with van der Waals surface area (Å²) in [5.41, 5.74) is 0.304. The average molecular weight is 551 g/mol. The van der Waals surface area contributed by atoms with Gasteiger partial charge in [-0.2, -0.15) is 31.3 Å². The lowest BCUT2D eigenvalue weighted by Gasteiger charge is -2.34. The highest BCUT2D eigenvalue weighted by atomic mass is 19.4. The van der Waals surface area contributed by atoms with E-state index in [1.807, 2.05) is 0 Å². The number of anilines is 4. The zero-order valence-electron chi connectivity index (χ0n) is 21.3. The maximum Gasteiger partial charge on any atom is 0.419 e. The number of halogens is 6. The lowest BCUT2D eigenvalue weighted by atomic mass is 10.0. The third-order valence-corrected chi connectivity index (χ3v) is 7.26. The van der Waals surface area contributed by atoms with Crippen LogP contribution >= 0.6 is 0 Å². The summed E-state index contributed by atoms with van der Waals surface area (Å²) in [5.74, 6) is 0.831. The van der Waals surface area contributed by atoms with Crippen LogP contribution in [-0.2, 0) is 25.2 Å². The minimum Gasteiger partial charge on any atom is -0.355 e. The van der Waals surface area contributed by atoms with E-state index in [9.17, 15) is 26.3 Å². The Bertz CT molecular complexity index is 1310. The van der Waals surface area contributed by atoms with E-state index in [-0.39, 0.29) is 24.9 Å². The van der Waals surface area contributed by atoms with Crippen LogP contribution in [0.1, 0.15) is 48.6 Å². The van der Waals surface area contributed by atoms with Gasteiger partial charge in [0, 0.05) is 49.5 Å². The normalized spacial score (nSPS) is 18.5. The van der Waals surface area contributed by atoms with Gasteiger partial charge in [0.2, 0.25) is 5.95 Å². The molecule has 2 aliphatic heterocycles. The molecule has 5 rings (SSSR count). The molecule has 1 atom stereocenters. The second-order valence-electron chi connectivity index (χ2n) is 9.90. The van der Waals surface area contributed by atoms with Gasteiger partial charge >= 0.3 is 12.4 Å².